The van der Waals surface area contributed by atoms with Gasteiger partial charge in [-0.05, 0) is 30.9 Å². The number of rotatable bonds is 3. The van der Waals surface area contributed by atoms with Crippen LogP contribution in [0.3, 0.4) is 0 Å². The number of hydrogen-bond donors (Lipinski definition) is 2. The first kappa shape index (κ1) is 14.2. The van der Waals surface area contributed by atoms with Gasteiger partial charge in [0.2, 0.25) is 0 Å². The molecule has 0 aliphatic carbocycles. The van der Waals surface area contributed by atoms with Crippen molar-refractivity contribution in [3.8, 4) is 0 Å². The molecular weight excluding hydrogens is 264 g/mol. The van der Waals surface area contributed by atoms with Crippen LogP contribution in [0.1, 0.15) is 25.3 Å². The summed E-state index contributed by atoms with van der Waals surface area (Å²) in [7, 11) is 0. The van der Waals surface area contributed by atoms with Crippen molar-refractivity contribution in [2.24, 2.45) is 10.9 Å². The third-order valence-corrected chi connectivity index (χ3v) is 4.34. The summed E-state index contributed by atoms with van der Waals surface area (Å²) in [6.07, 6.45) is 4.07. The molecule has 2 fully saturated rings. The molecular formula is C16H24N4O. The molecule has 1 aromatic carbocycles. The minimum atomic E-state index is 0.246. The summed E-state index contributed by atoms with van der Waals surface area (Å²) < 4.78 is 5.36. The number of hydrogen-bond acceptors (Lipinski definition) is 5. The lowest BCUT2D eigenvalue weighted by Gasteiger charge is -2.23. The van der Waals surface area contributed by atoms with Crippen LogP contribution in [0, 0.1) is 5.92 Å². The molecule has 5 nitrogen and oxygen atoms in total. The van der Waals surface area contributed by atoms with E-state index in [1.807, 2.05) is 18.3 Å². The minimum Gasteiger partial charge on any atom is -0.398 e. The standard InChI is InChI=1S/C16H24N4O/c1-11-4-6-20(9-11)16-13(14(17)2-3-15(16)18)8-19-12-5-7-21-10-12/h2-3,8,11-12H,4-7,9-10,17-18H2,1H3. The third kappa shape index (κ3) is 2.97. The maximum atomic E-state index is 6.22. The third-order valence-electron chi connectivity index (χ3n) is 4.34. The molecule has 0 bridgehead atoms. The predicted molar refractivity (Wildman–Crippen MR) is 88.1 cm³/mol. The number of benzene rings is 1. The van der Waals surface area contributed by atoms with Crippen molar-refractivity contribution >= 4 is 23.3 Å². The molecule has 1 aromatic rings. The zero-order valence-corrected chi connectivity index (χ0v) is 12.6. The molecule has 0 amide bonds. The van der Waals surface area contributed by atoms with Crippen molar-refractivity contribution < 1.29 is 4.74 Å². The highest BCUT2D eigenvalue weighted by Gasteiger charge is 2.23. The Kier molecular flexibility index (Phi) is 4.01. The van der Waals surface area contributed by atoms with Crippen LogP contribution in [0.2, 0.25) is 0 Å². The lowest BCUT2D eigenvalue weighted by molar-refractivity contribution is 0.194. The van der Waals surface area contributed by atoms with E-state index in [0.29, 0.717) is 12.5 Å². The summed E-state index contributed by atoms with van der Waals surface area (Å²) in [5.41, 5.74) is 15.9. The molecule has 2 aliphatic heterocycles. The van der Waals surface area contributed by atoms with Gasteiger partial charge in [0, 0.05) is 37.2 Å². The van der Waals surface area contributed by atoms with Crippen LogP contribution < -0.4 is 16.4 Å². The first-order valence-electron chi connectivity index (χ1n) is 7.69. The maximum Gasteiger partial charge on any atom is 0.0755 e. The fraction of sp³-hybridized carbons (Fsp3) is 0.562. The Bertz CT molecular complexity index is 537. The van der Waals surface area contributed by atoms with E-state index in [2.05, 4.69) is 16.8 Å². The van der Waals surface area contributed by atoms with E-state index >= 15 is 0 Å². The summed E-state index contributed by atoms with van der Waals surface area (Å²) >= 11 is 0. The van der Waals surface area contributed by atoms with Gasteiger partial charge in [-0.15, -0.1) is 0 Å². The second kappa shape index (κ2) is 5.93. The molecule has 21 heavy (non-hydrogen) atoms. The van der Waals surface area contributed by atoms with Crippen LogP contribution in [0.4, 0.5) is 17.1 Å². The molecule has 0 saturated carbocycles. The SMILES string of the molecule is CC1CCN(c2c(N)ccc(N)c2C=NC2CCOC2)C1. The summed E-state index contributed by atoms with van der Waals surface area (Å²) in [6.45, 7) is 5.83. The molecule has 2 aliphatic rings. The molecule has 3 rings (SSSR count). The van der Waals surface area contributed by atoms with Gasteiger partial charge in [0.25, 0.3) is 0 Å². The molecule has 0 spiro atoms. The lowest BCUT2D eigenvalue weighted by atomic mass is 10.1. The zero-order chi connectivity index (χ0) is 14.8. The van der Waals surface area contributed by atoms with Gasteiger partial charge in [-0.2, -0.15) is 0 Å². The Labute approximate surface area is 126 Å². The highest BCUT2D eigenvalue weighted by Crippen LogP contribution is 2.34. The van der Waals surface area contributed by atoms with Crippen molar-refractivity contribution in [2.75, 3.05) is 42.7 Å². The monoisotopic (exact) mass is 288 g/mol. The van der Waals surface area contributed by atoms with Crippen molar-refractivity contribution in [1.82, 2.24) is 0 Å². The van der Waals surface area contributed by atoms with Gasteiger partial charge < -0.3 is 21.1 Å². The van der Waals surface area contributed by atoms with Crippen LogP contribution >= 0.6 is 0 Å². The summed E-state index contributed by atoms with van der Waals surface area (Å²) in [5, 5.41) is 0. The minimum absolute atomic E-state index is 0.246. The van der Waals surface area contributed by atoms with E-state index in [1.54, 1.807) is 0 Å². The Hall–Kier alpha value is -1.75. The normalized spacial score (nSPS) is 26.0. The first-order valence-corrected chi connectivity index (χ1v) is 7.69. The van der Waals surface area contributed by atoms with Gasteiger partial charge >= 0.3 is 0 Å². The van der Waals surface area contributed by atoms with Gasteiger partial charge in [0.1, 0.15) is 0 Å². The van der Waals surface area contributed by atoms with Crippen molar-refractivity contribution in [3.63, 3.8) is 0 Å². The largest absolute Gasteiger partial charge is 0.398 e. The molecule has 2 heterocycles. The van der Waals surface area contributed by atoms with Gasteiger partial charge in [-0.1, -0.05) is 6.92 Å². The quantitative estimate of drug-likeness (QED) is 0.658. The first-order chi connectivity index (χ1) is 10.1. The molecule has 0 radical (unpaired) electrons. The number of nitrogen functional groups attached to an aromatic ring is 2. The fourth-order valence-corrected chi connectivity index (χ4v) is 3.09. The smallest absolute Gasteiger partial charge is 0.0755 e. The van der Waals surface area contributed by atoms with Gasteiger partial charge in [0.05, 0.1) is 24.0 Å². The molecule has 5 heteroatoms. The number of ether oxygens (including phenoxy) is 1. The second-order valence-corrected chi connectivity index (χ2v) is 6.14. The van der Waals surface area contributed by atoms with Crippen molar-refractivity contribution in [3.05, 3.63) is 17.7 Å². The highest BCUT2D eigenvalue weighted by atomic mass is 16.5. The van der Waals surface area contributed by atoms with Crippen molar-refractivity contribution in [2.45, 2.75) is 25.8 Å². The van der Waals surface area contributed by atoms with Crippen molar-refractivity contribution in [1.29, 1.82) is 0 Å². The van der Waals surface area contributed by atoms with E-state index in [4.69, 9.17) is 16.2 Å². The number of nitrogens with two attached hydrogens (primary N) is 2. The lowest BCUT2D eigenvalue weighted by Crippen LogP contribution is -2.22. The average Bonchev–Trinajstić information content (AvgIpc) is 3.11. The van der Waals surface area contributed by atoms with E-state index < -0.39 is 0 Å². The van der Waals surface area contributed by atoms with Gasteiger partial charge in [0.15, 0.2) is 0 Å². The molecule has 2 unspecified atom stereocenters. The average molecular weight is 288 g/mol. The summed E-state index contributed by atoms with van der Waals surface area (Å²) in [6, 6.07) is 4.00. The number of anilines is 3. The Morgan fingerprint density at radius 3 is 2.76 bits per heavy atom. The van der Waals surface area contributed by atoms with E-state index in [-0.39, 0.29) is 6.04 Å². The highest BCUT2D eigenvalue weighted by molar-refractivity contribution is 5.98. The Morgan fingerprint density at radius 1 is 1.29 bits per heavy atom. The topological polar surface area (TPSA) is 76.9 Å². The molecule has 114 valence electrons. The van der Waals surface area contributed by atoms with Gasteiger partial charge in [-0.3, -0.25) is 4.99 Å². The van der Waals surface area contributed by atoms with E-state index in [0.717, 1.165) is 48.7 Å². The molecule has 0 aromatic heterocycles. The second-order valence-electron chi connectivity index (χ2n) is 6.14. The van der Waals surface area contributed by atoms with Crippen LogP contribution in [0.5, 0.6) is 0 Å². The van der Waals surface area contributed by atoms with Crippen LogP contribution in [0.15, 0.2) is 17.1 Å². The van der Waals surface area contributed by atoms with Gasteiger partial charge in [-0.25, -0.2) is 0 Å². The summed E-state index contributed by atoms with van der Waals surface area (Å²) in [5.74, 6) is 0.693. The zero-order valence-electron chi connectivity index (χ0n) is 12.6. The van der Waals surface area contributed by atoms with E-state index in [1.165, 1.54) is 6.42 Å². The summed E-state index contributed by atoms with van der Waals surface area (Å²) in [4.78, 5) is 6.97. The number of nitrogens with zero attached hydrogens (tertiary/aromatic N) is 2. The number of aliphatic imine (C=N–C) groups is 1. The molecule has 2 atom stereocenters. The van der Waals surface area contributed by atoms with Crippen LogP contribution in [-0.2, 0) is 4.74 Å². The predicted octanol–water partition coefficient (Wildman–Crippen LogP) is 1.91. The Balaban J connectivity index is 1.92. The maximum absolute atomic E-state index is 6.22. The van der Waals surface area contributed by atoms with E-state index in [9.17, 15) is 0 Å². The van der Waals surface area contributed by atoms with Crippen LogP contribution in [0.25, 0.3) is 0 Å². The Morgan fingerprint density at radius 2 is 2.10 bits per heavy atom. The molecule has 2 saturated heterocycles. The van der Waals surface area contributed by atoms with Crippen LogP contribution in [-0.4, -0.2) is 38.6 Å². The molecule has 4 N–H and O–H groups in total. The fourth-order valence-electron chi connectivity index (χ4n) is 3.09.